The zero-order chi connectivity index (χ0) is 12.9. The minimum atomic E-state index is -0.296. The monoisotopic (exact) mass is 303 g/mol. The van der Waals surface area contributed by atoms with E-state index in [1.807, 2.05) is 0 Å². The molecule has 0 aliphatic carbocycles. The summed E-state index contributed by atoms with van der Waals surface area (Å²) in [6, 6.07) is 4.80. The molecule has 4 heteroatoms. The van der Waals surface area contributed by atoms with Crippen molar-refractivity contribution in [3.05, 3.63) is 28.5 Å². The van der Waals surface area contributed by atoms with Gasteiger partial charge in [0.1, 0.15) is 11.6 Å². The summed E-state index contributed by atoms with van der Waals surface area (Å²) < 4.78 is 19.1. The van der Waals surface area contributed by atoms with E-state index in [1.165, 1.54) is 6.07 Å². The molecule has 0 saturated carbocycles. The molecule has 0 bridgehead atoms. The van der Waals surface area contributed by atoms with Crippen LogP contribution in [0.25, 0.3) is 0 Å². The van der Waals surface area contributed by atoms with Crippen LogP contribution in [0.15, 0.2) is 22.7 Å². The average Bonchev–Trinajstić information content (AvgIpc) is 2.21. The predicted octanol–water partition coefficient (Wildman–Crippen LogP) is 3.75. The van der Waals surface area contributed by atoms with Crippen molar-refractivity contribution in [2.45, 2.75) is 32.7 Å². The van der Waals surface area contributed by atoms with Crippen molar-refractivity contribution in [3.8, 4) is 5.75 Å². The fraction of sp³-hybridized carbons (Fsp3) is 0.538. The third-order valence-corrected chi connectivity index (χ3v) is 2.78. The van der Waals surface area contributed by atoms with E-state index in [0.717, 1.165) is 13.0 Å². The Kier molecular flexibility index (Phi) is 5.40. The molecule has 0 fully saturated rings. The molecule has 0 saturated heterocycles. The van der Waals surface area contributed by atoms with Crippen LogP contribution in [0.2, 0.25) is 0 Å². The summed E-state index contributed by atoms with van der Waals surface area (Å²) in [4.78, 5) is 0. The largest absolute Gasteiger partial charge is 0.493 e. The number of hydrogen-bond acceptors (Lipinski definition) is 2. The van der Waals surface area contributed by atoms with Gasteiger partial charge in [-0.2, -0.15) is 0 Å². The van der Waals surface area contributed by atoms with E-state index >= 15 is 0 Å². The number of nitrogens with one attached hydrogen (secondary N) is 1. The van der Waals surface area contributed by atoms with Crippen molar-refractivity contribution in [1.29, 1.82) is 0 Å². The molecular formula is C13H19BrFNO. The Bertz CT molecular complexity index is 363. The zero-order valence-electron chi connectivity index (χ0n) is 10.5. The number of halogens is 2. The number of rotatable bonds is 5. The Morgan fingerprint density at radius 1 is 1.35 bits per heavy atom. The molecule has 1 aromatic rings. The van der Waals surface area contributed by atoms with Crippen LogP contribution < -0.4 is 10.1 Å². The first-order valence-corrected chi connectivity index (χ1v) is 6.51. The van der Waals surface area contributed by atoms with Gasteiger partial charge in [0.15, 0.2) is 0 Å². The third-order valence-electron chi connectivity index (χ3n) is 2.14. The number of ether oxygens (including phenoxy) is 1. The Balaban J connectivity index is 2.25. The SMILES string of the molecule is CC(C)(C)NCCCOc1ccc(Br)c(F)c1. The molecule has 1 aromatic carbocycles. The zero-order valence-corrected chi connectivity index (χ0v) is 12.1. The highest BCUT2D eigenvalue weighted by molar-refractivity contribution is 9.10. The molecule has 2 nitrogen and oxygen atoms in total. The van der Waals surface area contributed by atoms with Crippen molar-refractivity contribution < 1.29 is 9.13 Å². The van der Waals surface area contributed by atoms with E-state index in [-0.39, 0.29) is 11.4 Å². The summed E-state index contributed by atoms with van der Waals surface area (Å²) in [5.74, 6) is 0.275. The quantitative estimate of drug-likeness (QED) is 0.837. The normalized spacial score (nSPS) is 11.6. The van der Waals surface area contributed by atoms with Crippen LogP contribution >= 0.6 is 15.9 Å². The van der Waals surface area contributed by atoms with Crippen molar-refractivity contribution >= 4 is 15.9 Å². The van der Waals surface area contributed by atoms with Gasteiger partial charge in [-0.15, -0.1) is 0 Å². The molecule has 0 aromatic heterocycles. The number of hydrogen-bond donors (Lipinski definition) is 1. The van der Waals surface area contributed by atoms with E-state index in [4.69, 9.17) is 4.74 Å². The van der Waals surface area contributed by atoms with E-state index in [9.17, 15) is 4.39 Å². The molecule has 0 heterocycles. The van der Waals surface area contributed by atoms with Gasteiger partial charge < -0.3 is 10.1 Å². The maximum absolute atomic E-state index is 13.2. The number of benzene rings is 1. The van der Waals surface area contributed by atoms with Gasteiger partial charge in [0, 0.05) is 11.6 Å². The molecule has 0 atom stereocenters. The third kappa shape index (κ3) is 6.03. The fourth-order valence-corrected chi connectivity index (χ4v) is 1.54. The summed E-state index contributed by atoms with van der Waals surface area (Å²) in [6.07, 6.45) is 0.898. The van der Waals surface area contributed by atoms with E-state index in [0.29, 0.717) is 16.8 Å². The van der Waals surface area contributed by atoms with Crippen LogP contribution in [0.4, 0.5) is 4.39 Å². The summed E-state index contributed by atoms with van der Waals surface area (Å²) >= 11 is 3.10. The van der Waals surface area contributed by atoms with Gasteiger partial charge in [-0.05, 0) is 61.8 Å². The molecule has 0 aliphatic heterocycles. The lowest BCUT2D eigenvalue weighted by molar-refractivity contribution is 0.297. The highest BCUT2D eigenvalue weighted by Gasteiger charge is 2.07. The van der Waals surface area contributed by atoms with Crippen LogP contribution in [0.5, 0.6) is 5.75 Å². The molecule has 1 rings (SSSR count). The highest BCUT2D eigenvalue weighted by Crippen LogP contribution is 2.20. The van der Waals surface area contributed by atoms with Crippen molar-refractivity contribution in [2.24, 2.45) is 0 Å². The Labute approximate surface area is 111 Å². The molecule has 0 unspecified atom stereocenters. The maximum atomic E-state index is 13.2. The summed E-state index contributed by atoms with van der Waals surface area (Å²) in [5, 5.41) is 3.37. The minimum absolute atomic E-state index is 0.129. The lowest BCUT2D eigenvalue weighted by Crippen LogP contribution is -2.36. The van der Waals surface area contributed by atoms with Crippen LogP contribution in [0.3, 0.4) is 0 Å². The van der Waals surface area contributed by atoms with E-state index in [1.54, 1.807) is 12.1 Å². The molecule has 96 valence electrons. The summed E-state index contributed by atoms with van der Waals surface area (Å²) in [7, 11) is 0. The first kappa shape index (κ1) is 14.5. The van der Waals surface area contributed by atoms with Crippen LogP contribution in [0.1, 0.15) is 27.2 Å². The second kappa shape index (κ2) is 6.36. The first-order chi connectivity index (χ1) is 7.88. The molecule has 0 spiro atoms. The fourth-order valence-electron chi connectivity index (χ4n) is 1.29. The van der Waals surface area contributed by atoms with E-state index in [2.05, 4.69) is 42.0 Å². The maximum Gasteiger partial charge on any atom is 0.141 e. The van der Waals surface area contributed by atoms with Crippen LogP contribution in [-0.4, -0.2) is 18.7 Å². The Morgan fingerprint density at radius 2 is 2.06 bits per heavy atom. The van der Waals surface area contributed by atoms with Gasteiger partial charge in [-0.25, -0.2) is 4.39 Å². The molecule has 17 heavy (non-hydrogen) atoms. The smallest absolute Gasteiger partial charge is 0.141 e. The van der Waals surface area contributed by atoms with Gasteiger partial charge in [0.05, 0.1) is 11.1 Å². The van der Waals surface area contributed by atoms with Gasteiger partial charge in [0.25, 0.3) is 0 Å². The molecule has 0 radical (unpaired) electrons. The standard InChI is InChI=1S/C13H19BrFNO/c1-13(2,3)16-7-4-8-17-10-5-6-11(14)12(15)9-10/h5-6,9,16H,4,7-8H2,1-3H3. The highest BCUT2D eigenvalue weighted by atomic mass is 79.9. The first-order valence-electron chi connectivity index (χ1n) is 5.71. The van der Waals surface area contributed by atoms with Crippen LogP contribution in [0, 0.1) is 5.82 Å². The second-order valence-corrected chi connectivity index (χ2v) is 5.81. The molecule has 0 amide bonds. The van der Waals surface area contributed by atoms with E-state index < -0.39 is 0 Å². The van der Waals surface area contributed by atoms with Crippen molar-refractivity contribution in [2.75, 3.05) is 13.2 Å². The van der Waals surface area contributed by atoms with Gasteiger partial charge in [-0.3, -0.25) is 0 Å². The van der Waals surface area contributed by atoms with Crippen molar-refractivity contribution in [1.82, 2.24) is 5.32 Å². The molecule has 1 N–H and O–H groups in total. The summed E-state index contributed by atoms with van der Waals surface area (Å²) in [6.45, 7) is 7.85. The second-order valence-electron chi connectivity index (χ2n) is 4.95. The lowest BCUT2D eigenvalue weighted by atomic mass is 10.1. The predicted molar refractivity (Wildman–Crippen MR) is 72.0 cm³/mol. The van der Waals surface area contributed by atoms with Crippen molar-refractivity contribution in [3.63, 3.8) is 0 Å². The lowest BCUT2D eigenvalue weighted by Gasteiger charge is -2.20. The topological polar surface area (TPSA) is 21.3 Å². The average molecular weight is 304 g/mol. The van der Waals surface area contributed by atoms with Gasteiger partial charge in [-0.1, -0.05) is 0 Å². The molecule has 0 aliphatic rings. The van der Waals surface area contributed by atoms with Crippen LogP contribution in [-0.2, 0) is 0 Å². The summed E-state index contributed by atoms with van der Waals surface area (Å²) in [5.41, 5.74) is 0.129. The van der Waals surface area contributed by atoms with Gasteiger partial charge >= 0.3 is 0 Å². The molecular weight excluding hydrogens is 285 g/mol. The van der Waals surface area contributed by atoms with Gasteiger partial charge in [0.2, 0.25) is 0 Å². The Morgan fingerprint density at radius 3 is 2.65 bits per heavy atom. The minimum Gasteiger partial charge on any atom is -0.493 e. The Hall–Kier alpha value is -0.610.